The van der Waals surface area contributed by atoms with Crippen molar-refractivity contribution in [3.05, 3.63) is 69.9 Å². The molecule has 1 aliphatic rings. The lowest BCUT2D eigenvalue weighted by Gasteiger charge is -2.27. The number of halogens is 3. The van der Waals surface area contributed by atoms with E-state index >= 15 is 0 Å². The number of carbonyl (C=O) groups excluding carboxylic acids is 1. The van der Waals surface area contributed by atoms with Crippen LogP contribution in [0.2, 0.25) is 0 Å². The number of carbonyl (C=O) groups is 1. The number of rotatable bonds is 7. The molecular weight excluding hydrogens is 482 g/mol. The average molecular weight is 503 g/mol. The van der Waals surface area contributed by atoms with Crippen LogP contribution in [0.3, 0.4) is 0 Å². The second-order valence-electron chi connectivity index (χ2n) is 7.17. The number of hydroxylamine groups is 2. The fraction of sp³-hybridized carbons (Fsp3) is 0.350. The fourth-order valence-corrected chi connectivity index (χ4v) is 4.80. The number of benzene rings is 2. The Morgan fingerprint density at radius 2 is 1.93 bits per heavy atom. The van der Waals surface area contributed by atoms with E-state index in [9.17, 15) is 22.0 Å². The first-order valence-electron chi connectivity index (χ1n) is 9.24. The summed E-state index contributed by atoms with van der Waals surface area (Å²) in [4.78, 5) is 18.1. The van der Waals surface area contributed by atoms with E-state index in [-0.39, 0.29) is 23.4 Å². The summed E-state index contributed by atoms with van der Waals surface area (Å²) >= 11 is 3.13. The number of nitrogens with zero attached hydrogens (tertiary/aromatic N) is 1. The number of hydrogen-bond donors (Lipinski definition) is 1. The second kappa shape index (κ2) is 9.51. The maximum Gasteiger partial charge on any atom is 0.357 e. The maximum atomic E-state index is 14.6. The maximum absolute atomic E-state index is 14.6. The van der Waals surface area contributed by atoms with Gasteiger partial charge >= 0.3 is 5.97 Å². The predicted molar refractivity (Wildman–Crippen MR) is 111 cm³/mol. The standard InChI is InChI=1S/C20H21BrF2N2O4S/c1-13-11-25(29-20(26)14-6-3-2-4-7-14)17(19(13)24-30(27,28)12-22)10-15-8-5-9-16(21)18(15)23/h2-9,13,17,19,24H,10-12H2,1H3/t13-,17-,19-/m0/s1. The number of alkyl halides is 1. The Bertz CT molecular complexity index is 1010. The van der Waals surface area contributed by atoms with E-state index in [0.29, 0.717) is 11.1 Å². The molecule has 1 aliphatic heterocycles. The number of nitrogens with one attached hydrogen (secondary N) is 1. The Hall–Kier alpha value is -1.88. The van der Waals surface area contributed by atoms with Gasteiger partial charge in [-0.05, 0) is 52.0 Å². The largest absolute Gasteiger partial charge is 0.364 e. The first-order chi connectivity index (χ1) is 14.2. The quantitative estimate of drug-likeness (QED) is 0.627. The molecule has 2 aromatic carbocycles. The van der Waals surface area contributed by atoms with Crippen LogP contribution in [0.5, 0.6) is 0 Å². The van der Waals surface area contributed by atoms with E-state index in [1.807, 2.05) is 0 Å². The lowest BCUT2D eigenvalue weighted by atomic mass is 9.96. The van der Waals surface area contributed by atoms with E-state index in [2.05, 4.69) is 20.7 Å². The first kappa shape index (κ1) is 22.8. The van der Waals surface area contributed by atoms with Crippen LogP contribution >= 0.6 is 15.9 Å². The lowest BCUT2D eigenvalue weighted by molar-refractivity contribution is -0.121. The van der Waals surface area contributed by atoms with Gasteiger partial charge in [-0.25, -0.2) is 26.7 Å². The Morgan fingerprint density at radius 3 is 2.60 bits per heavy atom. The third kappa shape index (κ3) is 5.23. The van der Waals surface area contributed by atoms with Crippen molar-refractivity contribution in [2.75, 3.05) is 12.6 Å². The number of sulfonamides is 1. The van der Waals surface area contributed by atoms with E-state index in [0.717, 1.165) is 0 Å². The Kier molecular flexibility index (Phi) is 7.22. The topological polar surface area (TPSA) is 75.7 Å². The zero-order valence-electron chi connectivity index (χ0n) is 16.1. The molecule has 1 fully saturated rings. The smallest absolute Gasteiger partial charge is 0.357 e. The van der Waals surface area contributed by atoms with Crippen LogP contribution in [0.1, 0.15) is 22.8 Å². The Labute approximate surface area is 182 Å². The fourth-order valence-electron chi connectivity index (χ4n) is 3.52. The van der Waals surface area contributed by atoms with Crippen LogP contribution in [0.4, 0.5) is 8.78 Å². The molecule has 0 bridgehead atoms. The minimum atomic E-state index is -4.17. The van der Waals surface area contributed by atoms with Gasteiger partial charge in [0.25, 0.3) is 0 Å². The lowest BCUT2D eigenvalue weighted by Crippen LogP contribution is -2.48. The summed E-state index contributed by atoms with van der Waals surface area (Å²) in [5.74, 6) is -1.41. The van der Waals surface area contributed by atoms with E-state index in [1.54, 1.807) is 55.5 Å². The molecule has 1 N–H and O–H groups in total. The summed E-state index contributed by atoms with van der Waals surface area (Å²) in [6.07, 6.45) is 0.0527. The minimum absolute atomic E-state index is 0.0527. The van der Waals surface area contributed by atoms with Crippen molar-refractivity contribution in [1.29, 1.82) is 0 Å². The van der Waals surface area contributed by atoms with Crippen molar-refractivity contribution in [3.8, 4) is 0 Å². The Morgan fingerprint density at radius 1 is 1.23 bits per heavy atom. The van der Waals surface area contributed by atoms with Gasteiger partial charge in [-0.2, -0.15) is 0 Å². The SMILES string of the molecule is C[C@H]1CN(OC(=O)c2ccccc2)[C@@H](Cc2cccc(Br)c2F)[C@H]1NS(=O)(=O)CF. The molecule has 1 saturated heterocycles. The third-order valence-electron chi connectivity index (χ3n) is 4.99. The van der Waals surface area contributed by atoms with E-state index in [1.165, 1.54) is 5.06 Å². The zero-order chi connectivity index (χ0) is 21.9. The molecule has 0 amide bonds. The second-order valence-corrected chi connectivity index (χ2v) is 9.71. The molecule has 10 heteroatoms. The molecule has 162 valence electrons. The predicted octanol–water partition coefficient (Wildman–Crippen LogP) is 3.44. The van der Waals surface area contributed by atoms with E-state index in [4.69, 9.17) is 4.84 Å². The molecule has 0 aromatic heterocycles. The normalized spacial score (nSPS) is 22.2. The molecule has 2 aromatic rings. The van der Waals surface area contributed by atoms with Crippen molar-refractivity contribution in [2.45, 2.75) is 25.4 Å². The van der Waals surface area contributed by atoms with Crippen LogP contribution in [0.25, 0.3) is 0 Å². The molecule has 3 rings (SSSR count). The van der Waals surface area contributed by atoms with Crippen molar-refractivity contribution in [1.82, 2.24) is 9.79 Å². The average Bonchev–Trinajstić information content (AvgIpc) is 3.00. The van der Waals surface area contributed by atoms with Crippen LogP contribution in [0.15, 0.2) is 53.0 Å². The van der Waals surface area contributed by atoms with Gasteiger partial charge in [0.05, 0.1) is 16.1 Å². The van der Waals surface area contributed by atoms with E-state index < -0.39 is 39.9 Å². The molecule has 0 unspecified atom stereocenters. The number of hydrogen-bond acceptors (Lipinski definition) is 5. The molecule has 6 nitrogen and oxygen atoms in total. The molecule has 0 spiro atoms. The summed E-state index contributed by atoms with van der Waals surface area (Å²) in [7, 11) is -4.17. The first-order valence-corrected chi connectivity index (χ1v) is 11.7. The zero-order valence-corrected chi connectivity index (χ0v) is 18.5. The van der Waals surface area contributed by atoms with Gasteiger partial charge in [0.1, 0.15) is 5.82 Å². The van der Waals surface area contributed by atoms with Crippen molar-refractivity contribution < 1.29 is 26.8 Å². The molecular formula is C20H21BrF2N2O4S. The summed E-state index contributed by atoms with van der Waals surface area (Å²) in [5.41, 5.74) is 0.638. The minimum Gasteiger partial charge on any atom is -0.364 e. The van der Waals surface area contributed by atoms with Gasteiger partial charge in [0.2, 0.25) is 16.0 Å². The monoisotopic (exact) mass is 502 g/mol. The van der Waals surface area contributed by atoms with Crippen LogP contribution in [0, 0.1) is 11.7 Å². The summed E-state index contributed by atoms with van der Waals surface area (Å²) in [5, 5.41) is 1.35. The van der Waals surface area contributed by atoms with Gasteiger partial charge in [-0.1, -0.05) is 37.3 Å². The summed E-state index contributed by atoms with van der Waals surface area (Å²) < 4.78 is 53.8. The van der Waals surface area contributed by atoms with Crippen molar-refractivity contribution >= 4 is 31.9 Å². The highest BCUT2D eigenvalue weighted by molar-refractivity contribution is 9.10. The molecule has 0 aliphatic carbocycles. The van der Waals surface area contributed by atoms with Crippen molar-refractivity contribution in [2.24, 2.45) is 5.92 Å². The molecule has 0 radical (unpaired) electrons. The van der Waals surface area contributed by atoms with Gasteiger partial charge in [-0.3, -0.25) is 0 Å². The van der Waals surface area contributed by atoms with Gasteiger partial charge in [-0.15, -0.1) is 5.06 Å². The highest BCUT2D eigenvalue weighted by Crippen LogP contribution is 2.30. The molecule has 3 atom stereocenters. The third-order valence-corrected chi connectivity index (χ3v) is 6.53. The van der Waals surface area contributed by atoms with Gasteiger partial charge in [0.15, 0.2) is 0 Å². The van der Waals surface area contributed by atoms with Gasteiger partial charge in [0, 0.05) is 12.6 Å². The van der Waals surface area contributed by atoms with Crippen LogP contribution in [-0.4, -0.2) is 44.1 Å². The Balaban J connectivity index is 1.89. The molecule has 1 heterocycles. The van der Waals surface area contributed by atoms with Crippen LogP contribution in [-0.2, 0) is 21.3 Å². The van der Waals surface area contributed by atoms with Gasteiger partial charge < -0.3 is 4.84 Å². The molecule has 0 saturated carbocycles. The molecule has 30 heavy (non-hydrogen) atoms. The van der Waals surface area contributed by atoms with Crippen LogP contribution < -0.4 is 4.72 Å². The van der Waals surface area contributed by atoms with Crippen molar-refractivity contribution in [3.63, 3.8) is 0 Å². The summed E-state index contributed by atoms with van der Waals surface area (Å²) in [6.45, 7) is 1.96. The summed E-state index contributed by atoms with van der Waals surface area (Å²) in [6, 6.07) is 10.0. The highest BCUT2D eigenvalue weighted by atomic mass is 79.9. The highest BCUT2D eigenvalue weighted by Gasteiger charge is 2.44.